The number of anilines is 2. The summed E-state index contributed by atoms with van der Waals surface area (Å²) in [6, 6.07) is 8.00. The van der Waals surface area contributed by atoms with E-state index in [4.69, 9.17) is 0 Å². The van der Waals surface area contributed by atoms with Crippen LogP contribution in [0, 0.1) is 0 Å². The first-order chi connectivity index (χ1) is 12.3. The van der Waals surface area contributed by atoms with E-state index >= 15 is 0 Å². The highest BCUT2D eigenvalue weighted by atomic mass is 16.2. The molecule has 1 atom stereocenters. The Balaban J connectivity index is 1.56. The van der Waals surface area contributed by atoms with Crippen LogP contribution in [0.2, 0.25) is 0 Å². The summed E-state index contributed by atoms with van der Waals surface area (Å²) in [5.74, 6) is 0.396. The maximum atomic E-state index is 12.2. The van der Waals surface area contributed by atoms with Crippen LogP contribution in [0.3, 0.4) is 0 Å². The van der Waals surface area contributed by atoms with Crippen molar-refractivity contribution in [3.8, 4) is 0 Å². The fourth-order valence-electron chi connectivity index (χ4n) is 3.09. The van der Waals surface area contributed by atoms with E-state index in [0.717, 1.165) is 23.9 Å². The van der Waals surface area contributed by atoms with E-state index in [1.165, 1.54) is 24.4 Å². The molecular weight excluding hydrogens is 316 g/mol. The number of rotatable bonds is 3. The Kier molecular flexibility index (Phi) is 4.22. The Morgan fingerprint density at radius 3 is 2.88 bits per heavy atom. The van der Waals surface area contributed by atoms with Crippen molar-refractivity contribution < 1.29 is 4.79 Å². The van der Waals surface area contributed by atoms with Crippen molar-refractivity contribution in [2.45, 2.75) is 18.9 Å². The van der Waals surface area contributed by atoms with Crippen LogP contribution < -0.4 is 16.0 Å². The zero-order chi connectivity index (χ0) is 17.1. The normalized spacial score (nSPS) is 16.7. The highest BCUT2D eigenvalue weighted by molar-refractivity contribution is 6.05. The van der Waals surface area contributed by atoms with Crippen molar-refractivity contribution in [1.82, 2.24) is 20.3 Å². The van der Waals surface area contributed by atoms with Crippen molar-refractivity contribution in [3.05, 3.63) is 54.6 Å². The maximum Gasteiger partial charge on any atom is 0.324 e. The molecule has 0 bridgehead atoms. The Morgan fingerprint density at radius 1 is 1.12 bits per heavy atom. The van der Waals surface area contributed by atoms with Gasteiger partial charge in [-0.1, -0.05) is 12.1 Å². The Hall–Kier alpha value is -3.06. The number of carbonyl (C=O) groups is 1. The number of hydrogen-bond donors (Lipinski definition) is 3. The van der Waals surface area contributed by atoms with Gasteiger partial charge in [0.05, 0.1) is 17.4 Å². The van der Waals surface area contributed by atoms with E-state index in [9.17, 15) is 4.79 Å². The SMILES string of the molecule is O=C(Nc1cnccn1)Nc1ccnc2cc(C3CCCN3)ccc12. The van der Waals surface area contributed by atoms with E-state index in [1.807, 2.05) is 6.07 Å². The second-order valence-corrected chi connectivity index (χ2v) is 5.95. The fraction of sp³-hybridized carbons (Fsp3) is 0.222. The van der Waals surface area contributed by atoms with Crippen LogP contribution in [0.25, 0.3) is 10.9 Å². The number of fused-ring (bicyclic) bond motifs is 1. The summed E-state index contributed by atoms with van der Waals surface area (Å²) in [4.78, 5) is 24.6. The van der Waals surface area contributed by atoms with Gasteiger partial charge in [-0.25, -0.2) is 9.78 Å². The van der Waals surface area contributed by atoms with Crippen LogP contribution >= 0.6 is 0 Å². The summed E-state index contributed by atoms with van der Waals surface area (Å²) in [6.45, 7) is 1.06. The van der Waals surface area contributed by atoms with Gasteiger partial charge in [0, 0.05) is 30.0 Å². The smallest absolute Gasteiger partial charge is 0.310 e. The van der Waals surface area contributed by atoms with Gasteiger partial charge >= 0.3 is 6.03 Å². The topological polar surface area (TPSA) is 91.8 Å². The number of pyridine rings is 1. The lowest BCUT2D eigenvalue weighted by Crippen LogP contribution is -2.20. The molecule has 0 spiro atoms. The van der Waals surface area contributed by atoms with Crippen molar-refractivity contribution in [2.75, 3.05) is 17.2 Å². The maximum absolute atomic E-state index is 12.2. The van der Waals surface area contributed by atoms with Crippen molar-refractivity contribution in [2.24, 2.45) is 0 Å². The van der Waals surface area contributed by atoms with Crippen LogP contribution in [0.1, 0.15) is 24.4 Å². The third-order valence-corrected chi connectivity index (χ3v) is 4.28. The second-order valence-electron chi connectivity index (χ2n) is 5.95. The molecule has 1 aliphatic rings. The molecule has 1 aromatic carbocycles. The lowest BCUT2D eigenvalue weighted by atomic mass is 10.0. The summed E-state index contributed by atoms with van der Waals surface area (Å²) in [6.07, 6.45) is 8.60. The number of nitrogens with zero attached hydrogens (tertiary/aromatic N) is 3. The van der Waals surface area contributed by atoms with E-state index in [2.05, 4.69) is 43.0 Å². The molecule has 2 amide bonds. The number of hydrogen-bond acceptors (Lipinski definition) is 5. The molecule has 1 aliphatic heterocycles. The van der Waals surface area contributed by atoms with Gasteiger partial charge in [-0.2, -0.15) is 0 Å². The predicted octanol–water partition coefficient (Wildman–Crippen LogP) is 3.09. The molecule has 3 N–H and O–H groups in total. The molecule has 126 valence electrons. The fourth-order valence-corrected chi connectivity index (χ4v) is 3.09. The molecule has 0 saturated carbocycles. The number of aromatic nitrogens is 3. The first-order valence-electron chi connectivity index (χ1n) is 8.26. The predicted molar refractivity (Wildman–Crippen MR) is 96.4 cm³/mol. The van der Waals surface area contributed by atoms with Gasteiger partial charge in [-0.3, -0.25) is 15.3 Å². The highest BCUT2D eigenvalue weighted by Crippen LogP contribution is 2.28. The molecule has 1 fully saturated rings. The summed E-state index contributed by atoms with van der Waals surface area (Å²) in [5.41, 5.74) is 2.81. The number of carbonyl (C=O) groups excluding carboxylic acids is 1. The third kappa shape index (κ3) is 3.41. The average Bonchev–Trinajstić information content (AvgIpc) is 3.17. The van der Waals surface area contributed by atoms with Gasteiger partial charge in [0.15, 0.2) is 5.82 Å². The first-order valence-corrected chi connectivity index (χ1v) is 8.26. The van der Waals surface area contributed by atoms with Gasteiger partial charge in [-0.05, 0) is 37.1 Å². The Morgan fingerprint density at radius 2 is 2.08 bits per heavy atom. The van der Waals surface area contributed by atoms with Crippen LogP contribution in [0.4, 0.5) is 16.3 Å². The average molecular weight is 334 g/mol. The van der Waals surface area contributed by atoms with E-state index in [0.29, 0.717) is 17.5 Å². The Labute approximate surface area is 144 Å². The zero-order valence-electron chi connectivity index (χ0n) is 13.6. The molecule has 3 heterocycles. The van der Waals surface area contributed by atoms with Crippen LogP contribution in [0.5, 0.6) is 0 Å². The molecule has 3 aromatic rings. The lowest BCUT2D eigenvalue weighted by molar-refractivity contribution is 0.262. The monoisotopic (exact) mass is 334 g/mol. The van der Waals surface area contributed by atoms with Gasteiger partial charge in [0.25, 0.3) is 0 Å². The standard InChI is InChI=1S/C18H18N6O/c25-18(24-17-11-19-8-9-22-17)23-15-5-7-21-16-10-12(3-4-13(15)16)14-2-1-6-20-14/h3-5,7-11,14,20H,1-2,6H2,(H2,21,22,23,24,25). The zero-order valence-corrected chi connectivity index (χ0v) is 13.6. The van der Waals surface area contributed by atoms with Crippen molar-refractivity contribution >= 4 is 28.4 Å². The van der Waals surface area contributed by atoms with Crippen molar-refractivity contribution in [3.63, 3.8) is 0 Å². The van der Waals surface area contributed by atoms with E-state index < -0.39 is 0 Å². The van der Waals surface area contributed by atoms with Gasteiger partial charge in [0.1, 0.15) is 0 Å². The number of amides is 2. The third-order valence-electron chi connectivity index (χ3n) is 4.28. The molecule has 7 nitrogen and oxygen atoms in total. The molecule has 0 radical (unpaired) electrons. The largest absolute Gasteiger partial charge is 0.324 e. The molecule has 4 rings (SSSR count). The van der Waals surface area contributed by atoms with E-state index in [-0.39, 0.29) is 6.03 Å². The minimum Gasteiger partial charge on any atom is -0.310 e. The molecular formula is C18H18N6O. The van der Waals surface area contributed by atoms with Crippen molar-refractivity contribution in [1.29, 1.82) is 0 Å². The molecule has 0 aliphatic carbocycles. The molecule has 1 unspecified atom stereocenters. The van der Waals surface area contributed by atoms with Gasteiger partial charge < -0.3 is 10.6 Å². The molecule has 2 aromatic heterocycles. The minimum absolute atomic E-state index is 0.366. The minimum atomic E-state index is -0.366. The first kappa shape index (κ1) is 15.5. The number of urea groups is 1. The number of benzene rings is 1. The van der Waals surface area contributed by atoms with Gasteiger partial charge in [0.2, 0.25) is 0 Å². The van der Waals surface area contributed by atoms with Crippen LogP contribution in [-0.4, -0.2) is 27.5 Å². The quantitative estimate of drug-likeness (QED) is 0.684. The summed E-state index contributed by atoms with van der Waals surface area (Å²) in [7, 11) is 0. The Bertz CT molecular complexity index is 892. The second kappa shape index (κ2) is 6.82. The highest BCUT2D eigenvalue weighted by Gasteiger charge is 2.17. The van der Waals surface area contributed by atoms with E-state index in [1.54, 1.807) is 18.5 Å². The molecule has 7 heteroatoms. The summed E-state index contributed by atoms with van der Waals surface area (Å²) in [5, 5.41) is 9.90. The number of nitrogens with one attached hydrogen (secondary N) is 3. The molecule has 1 saturated heterocycles. The van der Waals surface area contributed by atoms with Crippen LogP contribution in [-0.2, 0) is 0 Å². The van der Waals surface area contributed by atoms with Gasteiger partial charge in [-0.15, -0.1) is 0 Å². The summed E-state index contributed by atoms with van der Waals surface area (Å²) >= 11 is 0. The summed E-state index contributed by atoms with van der Waals surface area (Å²) < 4.78 is 0. The molecule has 25 heavy (non-hydrogen) atoms. The lowest BCUT2D eigenvalue weighted by Gasteiger charge is -2.13. The van der Waals surface area contributed by atoms with Crippen LogP contribution in [0.15, 0.2) is 49.1 Å².